The van der Waals surface area contributed by atoms with Gasteiger partial charge in [0.05, 0.1) is 40.8 Å². The van der Waals surface area contributed by atoms with Gasteiger partial charge in [0, 0.05) is 5.56 Å². The molecule has 162 valence electrons. The van der Waals surface area contributed by atoms with E-state index in [1.54, 1.807) is 13.8 Å². The molecule has 1 aromatic heterocycles. The van der Waals surface area contributed by atoms with Crippen molar-refractivity contribution in [2.75, 3.05) is 13.2 Å². The topological polar surface area (TPSA) is 85.7 Å². The van der Waals surface area contributed by atoms with Gasteiger partial charge in [0.2, 0.25) is 0 Å². The maximum atomic E-state index is 13.7. The van der Waals surface area contributed by atoms with Crippen LogP contribution in [0.1, 0.15) is 51.5 Å². The van der Waals surface area contributed by atoms with Crippen LogP contribution < -0.4 is 0 Å². The van der Waals surface area contributed by atoms with Gasteiger partial charge in [0.15, 0.2) is 0 Å². The number of rotatable bonds is 6. The number of hydrogen-bond donors (Lipinski definition) is 1. The van der Waals surface area contributed by atoms with E-state index in [2.05, 4.69) is 4.98 Å². The summed E-state index contributed by atoms with van der Waals surface area (Å²) in [5.41, 5.74) is -1.99. The molecular weight excluding hydrogens is 403 g/mol. The number of aliphatic hydroxyl groups is 1. The van der Waals surface area contributed by atoms with Crippen LogP contribution in [0.15, 0.2) is 24.3 Å². The monoisotopic (exact) mass is 425 g/mol. The molecule has 6 nitrogen and oxygen atoms in total. The second kappa shape index (κ2) is 9.25. The Kier molecular flexibility index (Phi) is 7.20. The molecule has 0 saturated heterocycles. The first kappa shape index (κ1) is 23.3. The van der Waals surface area contributed by atoms with Gasteiger partial charge in [0.1, 0.15) is 6.61 Å². The molecule has 2 aromatic rings. The van der Waals surface area contributed by atoms with Crippen molar-refractivity contribution in [1.29, 1.82) is 0 Å². The Morgan fingerprint density at radius 3 is 2.17 bits per heavy atom. The van der Waals surface area contributed by atoms with E-state index < -0.39 is 36.4 Å². The van der Waals surface area contributed by atoms with Crippen molar-refractivity contribution in [2.45, 2.75) is 40.0 Å². The number of halogens is 3. The Hall–Kier alpha value is -2.94. The molecule has 1 aromatic carbocycles. The largest absolute Gasteiger partial charge is 0.460 e. The van der Waals surface area contributed by atoms with Gasteiger partial charge in [-0.05, 0) is 39.3 Å². The minimum absolute atomic E-state index is 0.0866. The first-order chi connectivity index (χ1) is 14.0. The zero-order chi connectivity index (χ0) is 22.6. The predicted octanol–water partition coefficient (Wildman–Crippen LogP) is 4.10. The van der Waals surface area contributed by atoms with Crippen molar-refractivity contribution in [3.8, 4) is 11.1 Å². The lowest BCUT2D eigenvalue weighted by Crippen LogP contribution is -2.21. The number of aryl methyl sites for hydroxylation is 2. The number of alkyl halides is 3. The van der Waals surface area contributed by atoms with Crippen LogP contribution >= 0.6 is 0 Å². The summed E-state index contributed by atoms with van der Waals surface area (Å²) >= 11 is 0. The number of hydrogen-bond acceptors (Lipinski definition) is 6. The normalized spacial score (nSPS) is 11.5. The highest BCUT2D eigenvalue weighted by atomic mass is 19.4. The summed E-state index contributed by atoms with van der Waals surface area (Å²) < 4.78 is 51.3. The number of ether oxygens (including phenoxy) is 2. The number of carbonyl (C=O) groups is 2. The average molecular weight is 425 g/mol. The number of aromatic nitrogens is 1. The maximum Gasteiger partial charge on any atom is 0.417 e. The minimum atomic E-state index is -4.74. The fourth-order valence-corrected chi connectivity index (χ4v) is 3.05. The summed E-state index contributed by atoms with van der Waals surface area (Å²) in [4.78, 5) is 29.6. The third kappa shape index (κ3) is 4.96. The van der Waals surface area contributed by atoms with Crippen LogP contribution in [0.2, 0.25) is 0 Å². The van der Waals surface area contributed by atoms with Gasteiger partial charge in [-0.2, -0.15) is 13.2 Å². The Labute approximate surface area is 171 Å². The first-order valence-electron chi connectivity index (χ1n) is 9.15. The minimum Gasteiger partial charge on any atom is -0.460 e. The van der Waals surface area contributed by atoms with Crippen LogP contribution in [-0.2, 0) is 15.7 Å². The molecule has 0 atom stereocenters. The average Bonchev–Trinajstić information content (AvgIpc) is 2.64. The van der Waals surface area contributed by atoms with Crippen molar-refractivity contribution < 1.29 is 37.3 Å². The van der Waals surface area contributed by atoms with Crippen molar-refractivity contribution in [2.24, 2.45) is 0 Å². The SMILES string of the molecule is Cc1nc(C)c(C(=O)OC(C)C)c(-c2ccccc2C(F)(F)F)c1C(=O)OCCO. The van der Waals surface area contributed by atoms with E-state index in [1.807, 2.05) is 0 Å². The highest BCUT2D eigenvalue weighted by molar-refractivity contribution is 6.07. The van der Waals surface area contributed by atoms with Crippen LogP contribution in [0, 0.1) is 13.8 Å². The van der Waals surface area contributed by atoms with Gasteiger partial charge in [-0.3, -0.25) is 4.98 Å². The van der Waals surface area contributed by atoms with Crippen LogP contribution in [0.5, 0.6) is 0 Å². The molecule has 0 aliphatic rings. The summed E-state index contributed by atoms with van der Waals surface area (Å²) in [6.07, 6.45) is -5.29. The van der Waals surface area contributed by atoms with Gasteiger partial charge in [-0.15, -0.1) is 0 Å². The van der Waals surface area contributed by atoms with Crippen molar-refractivity contribution >= 4 is 11.9 Å². The zero-order valence-corrected chi connectivity index (χ0v) is 17.0. The van der Waals surface area contributed by atoms with E-state index in [0.29, 0.717) is 0 Å². The molecule has 1 heterocycles. The quantitative estimate of drug-likeness (QED) is 0.702. The van der Waals surface area contributed by atoms with E-state index in [9.17, 15) is 22.8 Å². The molecule has 1 N–H and O–H groups in total. The number of benzene rings is 1. The number of esters is 2. The molecule has 0 spiro atoms. The molecule has 9 heteroatoms. The first-order valence-corrected chi connectivity index (χ1v) is 9.15. The summed E-state index contributed by atoms with van der Waals surface area (Å²) in [5.74, 6) is -1.90. The van der Waals surface area contributed by atoms with E-state index in [4.69, 9.17) is 14.6 Å². The number of carbonyl (C=O) groups excluding carboxylic acids is 2. The molecule has 0 saturated carbocycles. The van der Waals surface area contributed by atoms with Gasteiger partial charge in [-0.1, -0.05) is 18.2 Å². The van der Waals surface area contributed by atoms with Crippen molar-refractivity contribution in [1.82, 2.24) is 4.98 Å². The Bertz CT molecular complexity index is 954. The lowest BCUT2D eigenvalue weighted by molar-refractivity contribution is -0.137. The molecule has 30 heavy (non-hydrogen) atoms. The molecule has 0 unspecified atom stereocenters. The Balaban J connectivity index is 2.94. The van der Waals surface area contributed by atoms with E-state index in [-0.39, 0.29) is 40.2 Å². The maximum absolute atomic E-state index is 13.7. The summed E-state index contributed by atoms with van der Waals surface area (Å²) in [6, 6.07) is 4.62. The van der Waals surface area contributed by atoms with Crippen LogP contribution in [0.25, 0.3) is 11.1 Å². The van der Waals surface area contributed by atoms with Crippen LogP contribution in [0.3, 0.4) is 0 Å². The molecule has 0 amide bonds. The molecule has 0 aliphatic heterocycles. The number of pyridine rings is 1. The summed E-state index contributed by atoms with van der Waals surface area (Å²) in [5, 5.41) is 8.94. The Morgan fingerprint density at radius 2 is 1.63 bits per heavy atom. The van der Waals surface area contributed by atoms with Gasteiger partial charge in [0.25, 0.3) is 0 Å². The fourth-order valence-electron chi connectivity index (χ4n) is 3.05. The Morgan fingerprint density at radius 1 is 1.07 bits per heavy atom. The fraction of sp³-hybridized carbons (Fsp3) is 0.381. The van der Waals surface area contributed by atoms with E-state index in [0.717, 1.165) is 6.07 Å². The van der Waals surface area contributed by atoms with Gasteiger partial charge >= 0.3 is 18.1 Å². The summed E-state index contributed by atoms with van der Waals surface area (Å²) in [6.45, 7) is 5.23. The molecule has 2 rings (SSSR count). The van der Waals surface area contributed by atoms with Gasteiger partial charge < -0.3 is 14.6 Å². The molecule has 0 fully saturated rings. The second-order valence-electron chi connectivity index (χ2n) is 6.76. The molecule has 0 bridgehead atoms. The lowest BCUT2D eigenvalue weighted by atomic mass is 9.89. The zero-order valence-electron chi connectivity index (χ0n) is 17.0. The molecule has 0 radical (unpaired) electrons. The van der Waals surface area contributed by atoms with Crippen molar-refractivity contribution in [3.05, 3.63) is 52.3 Å². The summed E-state index contributed by atoms with van der Waals surface area (Å²) in [7, 11) is 0. The lowest BCUT2D eigenvalue weighted by Gasteiger charge is -2.21. The highest BCUT2D eigenvalue weighted by Crippen LogP contribution is 2.41. The standard InChI is InChI=1S/C21H22F3NO5/c1-11(2)30-20(28)17-13(4)25-12(3)16(19(27)29-10-9-26)18(17)14-7-5-6-8-15(14)21(22,23)24/h5-8,11,26H,9-10H2,1-4H3. The highest BCUT2D eigenvalue weighted by Gasteiger charge is 2.37. The molecule has 0 aliphatic carbocycles. The number of nitrogens with zero attached hydrogens (tertiary/aromatic N) is 1. The third-order valence-corrected chi connectivity index (χ3v) is 4.14. The molecular formula is C21H22F3NO5. The van der Waals surface area contributed by atoms with Crippen LogP contribution in [0.4, 0.5) is 13.2 Å². The number of aliphatic hydroxyl groups excluding tert-OH is 1. The predicted molar refractivity (Wildman–Crippen MR) is 102 cm³/mol. The van der Waals surface area contributed by atoms with Crippen molar-refractivity contribution in [3.63, 3.8) is 0 Å². The smallest absolute Gasteiger partial charge is 0.417 e. The van der Waals surface area contributed by atoms with E-state index in [1.165, 1.54) is 32.0 Å². The third-order valence-electron chi connectivity index (χ3n) is 4.14. The second-order valence-corrected chi connectivity index (χ2v) is 6.76. The van der Waals surface area contributed by atoms with E-state index >= 15 is 0 Å². The van der Waals surface area contributed by atoms with Gasteiger partial charge in [-0.25, -0.2) is 9.59 Å². The van der Waals surface area contributed by atoms with Crippen LogP contribution in [-0.4, -0.2) is 41.3 Å².